The third-order valence-corrected chi connectivity index (χ3v) is 2.78. The minimum absolute atomic E-state index is 0.00528. The highest BCUT2D eigenvalue weighted by molar-refractivity contribution is 5.96. The first-order chi connectivity index (χ1) is 7.16. The second-order valence-corrected chi connectivity index (χ2v) is 4.10. The molecule has 80 valence electrons. The van der Waals surface area contributed by atoms with Crippen molar-refractivity contribution < 1.29 is 4.79 Å². The summed E-state index contributed by atoms with van der Waals surface area (Å²) in [6, 6.07) is 6.05. The summed E-state index contributed by atoms with van der Waals surface area (Å²) in [4.78, 5) is 11.7. The molecule has 1 amide bonds. The fraction of sp³-hybridized carbons (Fsp3) is 0.417. The largest absolute Gasteiger partial charge is 0.324 e. The van der Waals surface area contributed by atoms with Crippen LogP contribution >= 0.6 is 0 Å². The molecular weight excluding hydrogens is 188 g/mol. The van der Waals surface area contributed by atoms with Gasteiger partial charge in [-0.2, -0.15) is 0 Å². The zero-order chi connectivity index (χ0) is 10.8. The van der Waals surface area contributed by atoms with Gasteiger partial charge in [0.15, 0.2) is 0 Å². The molecule has 1 aromatic rings. The Morgan fingerprint density at radius 3 is 2.73 bits per heavy atom. The van der Waals surface area contributed by atoms with Crippen LogP contribution in [0.3, 0.4) is 0 Å². The molecule has 1 atom stereocenters. The lowest BCUT2D eigenvalue weighted by Crippen LogP contribution is -2.50. The van der Waals surface area contributed by atoms with E-state index in [2.05, 4.69) is 16.7 Å². The second-order valence-electron chi connectivity index (χ2n) is 4.10. The molecule has 1 saturated heterocycles. The Kier molecular flexibility index (Phi) is 2.73. The van der Waals surface area contributed by atoms with E-state index in [9.17, 15) is 4.79 Å². The van der Waals surface area contributed by atoms with Crippen LogP contribution < -0.4 is 10.6 Å². The summed E-state index contributed by atoms with van der Waals surface area (Å²) < 4.78 is 0. The number of amides is 1. The summed E-state index contributed by atoms with van der Waals surface area (Å²) in [7, 11) is 0. The Morgan fingerprint density at radius 1 is 1.47 bits per heavy atom. The molecule has 1 fully saturated rings. The van der Waals surface area contributed by atoms with Gasteiger partial charge in [0, 0.05) is 5.69 Å². The molecule has 0 aliphatic carbocycles. The molecule has 0 aromatic heterocycles. The number of nitrogens with one attached hydrogen (secondary N) is 2. The molecule has 3 nitrogen and oxygen atoms in total. The third-order valence-electron chi connectivity index (χ3n) is 2.78. The van der Waals surface area contributed by atoms with Gasteiger partial charge in [-0.3, -0.25) is 4.79 Å². The third kappa shape index (κ3) is 2.18. The van der Waals surface area contributed by atoms with E-state index in [1.54, 1.807) is 0 Å². The van der Waals surface area contributed by atoms with Gasteiger partial charge in [0.1, 0.15) is 0 Å². The zero-order valence-electron chi connectivity index (χ0n) is 9.13. The van der Waals surface area contributed by atoms with Gasteiger partial charge >= 0.3 is 0 Å². The first kappa shape index (κ1) is 10.2. The van der Waals surface area contributed by atoms with Crippen molar-refractivity contribution in [2.24, 2.45) is 0 Å². The van der Waals surface area contributed by atoms with Gasteiger partial charge in [0.25, 0.3) is 0 Å². The molecule has 1 heterocycles. The highest BCUT2D eigenvalue weighted by Gasteiger charge is 2.24. The number of benzene rings is 1. The summed E-state index contributed by atoms with van der Waals surface area (Å²) in [6.45, 7) is 5.01. The summed E-state index contributed by atoms with van der Waals surface area (Å²) in [5.74, 6) is 0.0770. The first-order valence-electron chi connectivity index (χ1n) is 5.28. The van der Waals surface area contributed by atoms with Gasteiger partial charge in [0.2, 0.25) is 5.91 Å². The van der Waals surface area contributed by atoms with Gasteiger partial charge in [-0.15, -0.1) is 0 Å². The van der Waals surface area contributed by atoms with Crippen molar-refractivity contribution >= 4 is 11.6 Å². The number of carbonyl (C=O) groups excluding carboxylic acids is 1. The Hall–Kier alpha value is -1.35. The van der Waals surface area contributed by atoms with E-state index in [4.69, 9.17) is 0 Å². The van der Waals surface area contributed by atoms with Crippen molar-refractivity contribution in [1.82, 2.24) is 5.32 Å². The van der Waals surface area contributed by atoms with Crippen LogP contribution in [0.4, 0.5) is 5.69 Å². The van der Waals surface area contributed by atoms with E-state index in [1.165, 1.54) is 5.56 Å². The lowest BCUT2D eigenvalue weighted by molar-refractivity contribution is -0.119. The number of hydrogen-bond acceptors (Lipinski definition) is 2. The van der Waals surface area contributed by atoms with Gasteiger partial charge < -0.3 is 10.6 Å². The smallest absolute Gasteiger partial charge is 0.241 e. The number of aryl methyl sites for hydroxylation is 2. The number of rotatable bonds is 2. The predicted octanol–water partition coefficient (Wildman–Crippen LogP) is 1.60. The maximum atomic E-state index is 11.7. The highest BCUT2D eigenvalue weighted by Crippen LogP contribution is 2.17. The summed E-state index contributed by atoms with van der Waals surface area (Å²) >= 11 is 0. The van der Waals surface area contributed by atoms with Gasteiger partial charge in [-0.05, 0) is 38.4 Å². The van der Waals surface area contributed by atoms with E-state index < -0.39 is 0 Å². The van der Waals surface area contributed by atoms with Crippen molar-refractivity contribution in [3.63, 3.8) is 0 Å². The van der Waals surface area contributed by atoms with Crippen LogP contribution in [-0.2, 0) is 4.79 Å². The van der Waals surface area contributed by atoms with E-state index in [0.29, 0.717) is 0 Å². The Balaban J connectivity index is 2.06. The predicted molar refractivity (Wildman–Crippen MR) is 61.0 cm³/mol. The van der Waals surface area contributed by atoms with Crippen LogP contribution in [0.2, 0.25) is 0 Å². The van der Waals surface area contributed by atoms with Crippen LogP contribution in [0.15, 0.2) is 18.2 Å². The van der Waals surface area contributed by atoms with E-state index in [1.807, 2.05) is 26.0 Å². The normalized spacial score (nSPS) is 19.5. The molecule has 1 aliphatic heterocycles. The molecule has 0 spiro atoms. The topological polar surface area (TPSA) is 41.1 Å². The molecule has 0 radical (unpaired) electrons. The van der Waals surface area contributed by atoms with Crippen LogP contribution in [0.1, 0.15) is 17.5 Å². The lowest BCUT2D eigenvalue weighted by Gasteiger charge is -2.26. The van der Waals surface area contributed by atoms with E-state index in [0.717, 1.165) is 24.2 Å². The molecule has 3 heteroatoms. The van der Waals surface area contributed by atoms with E-state index >= 15 is 0 Å². The highest BCUT2D eigenvalue weighted by atomic mass is 16.2. The molecule has 1 aliphatic rings. The second kappa shape index (κ2) is 4.03. The van der Waals surface area contributed by atoms with Gasteiger partial charge in [-0.25, -0.2) is 0 Å². The molecule has 2 rings (SSSR count). The van der Waals surface area contributed by atoms with Gasteiger partial charge in [0.05, 0.1) is 6.04 Å². The van der Waals surface area contributed by atoms with Crippen LogP contribution in [-0.4, -0.2) is 18.5 Å². The average Bonchev–Trinajstić information content (AvgIpc) is 2.07. The first-order valence-corrected chi connectivity index (χ1v) is 5.28. The van der Waals surface area contributed by atoms with Crippen molar-refractivity contribution in [2.75, 3.05) is 11.9 Å². The van der Waals surface area contributed by atoms with Gasteiger partial charge in [-0.1, -0.05) is 17.7 Å². The van der Waals surface area contributed by atoms with Crippen molar-refractivity contribution in [2.45, 2.75) is 26.3 Å². The molecule has 0 unspecified atom stereocenters. The maximum absolute atomic E-state index is 11.7. The Labute approximate surface area is 89.9 Å². The summed E-state index contributed by atoms with van der Waals surface area (Å²) in [5, 5.41) is 6.02. The number of anilines is 1. The minimum Gasteiger partial charge on any atom is -0.324 e. The van der Waals surface area contributed by atoms with Crippen LogP contribution in [0.25, 0.3) is 0 Å². The van der Waals surface area contributed by atoms with Crippen LogP contribution in [0, 0.1) is 13.8 Å². The number of hydrogen-bond donors (Lipinski definition) is 2. The molecule has 2 N–H and O–H groups in total. The Morgan fingerprint density at radius 2 is 2.20 bits per heavy atom. The zero-order valence-corrected chi connectivity index (χ0v) is 9.13. The van der Waals surface area contributed by atoms with Crippen molar-refractivity contribution in [1.29, 1.82) is 0 Å². The fourth-order valence-corrected chi connectivity index (χ4v) is 1.69. The van der Waals surface area contributed by atoms with Crippen LogP contribution in [0.5, 0.6) is 0 Å². The average molecular weight is 204 g/mol. The summed E-state index contributed by atoms with van der Waals surface area (Å²) in [5.41, 5.74) is 3.24. The lowest BCUT2D eigenvalue weighted by atomic mass is 10.1. The monoisotopic (exact) mass is 204 g/mol. The molecule has 1 aromatic carbocycles. The molecular formula is C12H16N2O. The quantitative estimate of drug-likeness (QED) is 0.768. The van der Waals surface area contributed by atoms with Crippen molar-refractivity contribution in [3.05, 3.63) is 29.3 Å². The van der Waals surface area contributed by atoms with Crippen molar-refractivity contribution in [3.8, 4) is 0 Å². The summed E-state index contributed by atoms with van der Waals surface area (Å²) in [6.07, 6.45) is 0.941. The minimum atomic E-state index is 0.00528. The number of carbonyl (C=O) groups is 1. The van der Waals surface area contributed by atoms with E-state index in [-0.39, 0.29) is 11.9 Å². The molecule has 15 heavy (non-hydrogen) atoms. The SMILES string of the molecule is Cc1ccc(NC(=O)[C@H]2CCN2)c(C)c1. The fourth-order valence-electron chi connectivity index (χ4n) is 1.69. The maximum Gasteiger partial charge on any atom is 0.241 e. The molecule has 0 bridgehead atoms. The standard InChI is InChI=1S/C12H16N2O/c1-8-3-4-10(9(2)7-8)14-12(15)11-5-6-13-11/h3-4,7,11,13H,5-6H2,1-2H3,(H,14,15)/t11-/m1/s1. The Bertz CT molecular complexity index is 383. The molecule has 0 saturated carbocycles.